The molecule has 1 unspecified atom stereocenters. The molecule has 3 heteroatoms. The first-order valence-corrected chi connectivity index (χ1v) is 9.69. The Balaban J connectivity index is 2.07. The van der Waals surface area contributed by atoms with Crippen LogP contribution in [0.3, 0.4) is 0 Å². The molecule has 1 aliphatic carbocycles. The Hall–Kier alpha value is -2.42. The number of rotatable bonds is 4. The van der Waals surface area contributed by atoms with Crippen LogP contribution < -0.4 is 5.32 Å². The first kappa shape index (κ1) is 19.3. The van der Waals surface area contributed by atoms with E-state index in [-0.39, 0.29) is 22.5 Å². The number of carbonyl (C=O) groups is 2. The highest BCUT2D eigenvalue weighted by Gasteiger charge is 2.48. The molecule has 0 radical (unpaired) electrons. The van der Waals surface area contributed by atoms with E-state index < -0.39 is 0 Å². The van der Waals surface area contributed by atoms with Gasteiger partial charge in [-0.2, -0.15) is 0 Å². The third-order valence-electron chi connectivity index (χ3n) is 6.59. The Morgan fingerprint density at radius 2 is 1.52 bits per heavy atom. The predicted molar refractivity (Wildman–Crippen MR) is 110 cm³/mol. The Labute approximate surface area is 162 Å². The summed E-state index contributed by atoms with van der Waals surface area (Å²) >= 11 is 0. The molecule has 142 valence electrons. The van der Waals surface area contributed by atoms with E-state index in [0.29, 0.717) is 29.2 Å². The van der Waals surface area contributed by atoms with Crippen LogP contribution in [0, 0.1) is 5.92 Å². The zero-order chi connectivity index (χ0) is 20.0. The van der Waals surface area contributed by atoms with Gasteiger partial charge >= 0.3 is 0 Å². The van der Waals surface area contributed by atoms with Crippen LogP contribution in [0.15, 0.2) is 42.5 Å². The second-order valence-electron chi connectivity index (χ2n) is 8.66. The fourth-order valence-corrected chi connectivity index (χ4v) is 4.44. The topological polar surface area (TPSA) is 46.2 Å². The quantitative estimate of drug-likeness (QED) is 0.788. The summed E-state index contributed by atoms with van der Waals surface area (Å²) in [6.45, 7) is 13.7. The number of carbonyl (C=O) groups excluding carboxylic acids is 2. The molecular weight excluding hydrogens is 334 g/mol. The fourth-order valence-electron chi connectivity index (χ4n) is 4.44. The molecule has 1 atom stereocenters. The molecule has 0 heterocycles. The van der Waals surface area contributed by atoms with Crippen molar-refractivity contribution >= 4 is 11.7 Å². The normalized spacial score (nSPS) is 19.4. The summed E-state index contributed by atoms with van der Waals surface area (Å²) in [5.74, 6) is 0.151. The third-order valence-corrected chi connectivity index (χ3v) is 6.59. The number of nitrogens with one attached hydrogen (secondary N) is 1. The molecule has 0 saturated carbocycles. The molecule has 0 spiro atoms. The van der Waals surface area contributed by atoms with Crippen molar-refractivity contribution in [3.63, 3.8) is 0 Å². The Kier molecular flexibility index (Phi) is 4.75. The highest BCUT2D eigenvalue weighted by molar-refractivity contribution is 6.15. The van der Waals surface area contributed by atoms with Gasteiger partial charge in [-0.25, -0.2) is 0 Å². The van der Waals surface area contributed by atoms with Gasteiger partial charge < -0.3 is 5.32 Å². The van der Waals surface area contributed by atoms with Gasteiger partial charge in [0.1, 0.15) is 0 Å². The van der Waals surface area contributed by atoms with Crippen LogP contribution in [-0.4, -0.2) is 18.2 Å². The van der Waals surface area contributed by atoms with Crippen LogP contribution >= 0.6 is 0 Å². The lowest BCUT2D eigenvalue weighted by molar-refractivity contribution is 0.0944. The summed E-state index contributed by atoms with van der Waals surface area (Å²) in [5.41, 5.74) is 4.13. The number of benzene rings is 2. The lowest BCUT2D eigenvalue weighted by Crippen LogP contribution is -2.30. The Bertz CT molecular complexity index is 908. The molecular formula is C24H29NO2. The van der Waals surface area contributed by atoms with Gasteiger partial charge in [-0.3, -0.25) is 9.59 Å². The molecule has 0 fully saturated rings. The van der Waals surface area contributed by atoms with Crippen LogP contribution in [0.5, 0.6) is 0 Å². The van der Waals surface area contributed by atoms with Gasteiger partial charge in [-0.05, 0) is 46.9 Å². The summed E-state index contributed by atoms with van der Waals surface area (Å²) in [6, 6.07) is 13.1. The molecule has 2 aromatic carbocycles. The lowest BCUT2D eigenvalue weighted by atomic mass is 9.71. The lowest BCUT2D eigenvalue weighted by Gasteiger charge is -2.32. The number of hydrogen-bond donors (Lipinski definition) is 1. The summed E-state index contributed by atoms with van der Waals surface area (Å²) in [5, 5.41) is 2.79. The maximum absolute atomic E-state index is 13.2. The number of amides is 1. The van der Waals surface area contributed by atoms with Gasteiger partial charge in [0.25, 0.3) is 5.91 Å². The maximum atomic E-state index is 13.2. The average Bonchev–Trinajstić information content (AvgIpc) is 2.78. The van der Waals surface area contributed by atoms with Crippen molar-refractivity contribution < 1.29 is 9.59 Å². The minimum absolute atomic E-state index is 0.00573. The molecule has 0 aliphatic heterocycles. The molecule has 3 nitrogen and oxygen atoms in total. The van der Waals surface area contributed by atoms with E-state index in [9.17, 15) is 9.59 Å². The zero-order valence-electron chi connectivity index (χ0n) is 17.1. The van der Waals surface area contributed by atoms with Gasteiger partial charge in [0.2, 0.25) is 0 Å². The maximum Gasteiger partial charge on any atom is 0.252 e. The number of hydrogen-bond acceptors (Lipinski definition) is 2. The molecule has 1 amide bonds. The monoisotopic (exact) mass is 363 g/mol. The van der Waals surface area contributed by atoms with E-state index in [2.05, 4.69) is 46.0 Å². The molecule has 2 aromatic rings. The Morgan fingerprint density at radius 3 is 2.15 bits per heavy atom. The highest BCUT2D eigenvalue weighted by atomic mass is 16.2. The molecule has 0 saturated heterocycles. The predicted octanol–water partition coefficient (Wildman–Crippen LogP) is 4.87. The Morgan fingerprint density at radius 1 is 0.926 bits per heavy atom. The third kappa shape index (κ3) is 2.99. The van der Waals surface area contributed by atoms with Crippen LogP contribution in [-0.2, 0) is 10.8 Å². The molecule has 3 rings (SSSR count). The van der Waals surface area contributed by atoms with E-state index in [4.69, 9.17) is 0 Å². The smallest absolute Gasteiger partial charge is 0.252 e. The molecule has 1 aliphatic rings. The van der Waals surface area contributed by atoms with Crippen LogP contribution in [0.4, 0.5) is 0 Å². The van der Waals surface area contributed by atoms with Crippen LogP contribution in [0.25, 0.3) is 0 Å². The van der Waals surface area contributed by atoms with Crippen molar-refractivity contribution in [3.05, 3.63) is 70.3 Å². The van der Waals surface area contributed by atoms with E-state index in [0.717, 1.165) is 0 Å². The molecule has 0 bridgehead atoms. The summed E-state index contributed by atoms with van der Waals surface area (Å²) in [7, 11) is 0. The van der Waals surface area contributed by atoms with Crippen molar-refractivity contribution in [3.8, 4) is 0 Å². The molecule has 27 heavy (non-hydrogen) atoms. The molecule has 0 aromatic heterocycles. The average molecular weight is 364 g/mol. The standard InChI is InChI=1S/C24H29NO2/c1-7-25-22(27)18-11-9-8-10-17(18)21(26)16-12-13-19-20(14-16)24(5,6)15(2)23(19,3)4/h8-15H,7H2,1-6H3,(H,25,27). The van der Waals surface area contributed by atoms with Gasteiger partial charge in [-0.15, -0.1) is 0 Å². The largest absolute Gasteiger partial charge is 0.352 e. The van der Waals surface area contributed by atoms with Gasteiger partial charge in [-0.1, -0.05) is 65.0 Å². The van der Waals surface area contributed by atoms with Crippen LogP contribution in [0.2, 0.25) is 0 Å². The summed E-state index contributed by atoms with van der Waals surface area (Å²) in [6.07, 6.45) is 0. The van der Waals surface area contributed by atoms with E-state index in [1.54, 1.807) is 24.3 Å². The zero-order valence-corrected chi connectivity index (χ0v) is 17.1. The van der Waals surface area contributed by atoms with Gasteiger partial charge in [0.05, 0.1) is 5.56 Å². The SMILES string of the molecule is CCNC(=O)c1ccccc1C(=O)c1ccc2c(c1)C(C)(C)C(C)C2(C)C. The minimum Gasteiger partial charge on any atom is -0.352 e. The van der Waals surface area contributed by atoms with Gasteiger partial charge in [0.15, 0.2) is 5.78 Å². The fraction of sp³-hybridized carbons (Fsp3) is 0.417. The second-order valence-corrected chi connectivity index (χ2v) is 8.66. The van der Waals surface area contributed by atoms with Crippen molar-refractivity contribution in [2.75, 3.05) is 6.54 Å². The minimum atomic E-state index is -0.210. The van der Waals surface area contributed by atoms with Crippen molar-refractivity contribution in [1.29, 1.82) is 0 Å². The second kappa shape index (κ2) is 6.63. The molecule has 1 N–H and O–H groups in total. The van der Waals surface area contributed by atoms with Gasteiger partial charge in [0, 0.05) is 17.7 Å². The van der Waals surface area contributed by atoms with E-state index in [1.165, 1.54) is 11.1 Å². The van der Waals surface area contributed by atoms with Crippen molar-refractivity contribution in [2.24, 2.45) is 5.92 Å². The van der Waals surface area contributed by atoms with Crippen molar-refractivity contribution in [1.82, 2.24) is 5.32 Å². The highest BCUT2D eigenvalue weighted by Crippen LogP contribution is 2.53. The van der Waals surface area contributed by atoms with Crippen LogP contribution in [0.1, 0.15) is 78.9 Å². The summed E-state index contributed by atoms with van der Waals surface area (Å²) < 4.78 is 0. The van der Waals surface area contributed by atoms with E-state index >= 15 is 0 Å². The first-order valence-electron chi connectivity index (χ1n) is 9.69. The van der Waals surface area contributed by atoms with Crippen molar-refractivity contribution in [2.45, 2.75) is 52.4 Å². The number of ketones is 1. The first-order chi connectivity index (χ1) is 12.6. The number of fused-ring (bicyclic) bond motifs is 1. The summed E-state index contributed by atoms with van der Waals surface area (Å²) in [4.78, 5) is 25.6. The van der Waals surface area contributed by atoms with E-state index in [1.807, 2.05) is 19.1 Å².